The Balaban J connectivity index is 2.01. The first-order chi connectivity index (χ1) is 10.1. The van der Waals surface area contributed by atoms with Gasteiger partial charge in [0.2, 0.25) is 0 Å². The Hall–Kier alpha value is -1.51. The van der Waals surface area contributed by atoms with Crippen molar-refractivity contribution in [1.29, 1.82) is 0 Å². The molecular weight excluding hydrogens is 282 g/mol. The van der Waals surface area contributed by atoms with E-state index < -0.39 is 5.54 Å². The van der Waals surface area contributed by atoms with Crippen LogP contribution in [0.1, 0.15) is 36.8 Å². The molecule has 3 heteroatoms. The second kappa shape index (κ2) is 5.70. The van der Waals surface area contributed by atoms with Crippen molar-refractivity contribution in [2.75, 3.05) is 11.9 Å². The SMILES string of the molecule is CC1CCC(CO)(Nc2ccc(Cl)cc2)c2ccccc21. The summed E-state index contributed by atoms with van der Waals surface area (Å²) in [7, 11) is 0. The highest BCUT2D eigenvalue weighted by atomic mass is 35.5. The molecule has 0 fully saturated rings. The zero-order chi connectivity index (χ0) is 14.9. The van der Waals surface area contributed by atoms with Gasteiger partial charge >= 0.3 is 0 Å². The molecule has 0 saturated heterocycles. The van der Waals surface area contributed by atoms with E-state index in [0.717, 1.165) is 23.6 Å². The summed E-state index contributed by atoms with van der Waals surface area (Å²) in [6.07, 6.45) is 1.99. The lowest BCUT2D eigenvalue weighted by molar-refractivity contribution is 0.190. The van der Waals surface area contributed by atoms with Gasteiger partial charge in [-0.05, 0) is 54.2 Å². The topological polar surface area (TPSA) is 32.3 Å². The predicted molar refractivity (Wildman–Crippen MR) is 87.9 cm³/mol. The van der Waals surface area contributed by atoms with Crippen LogP contribution in [0, 0.1) is 0 Å². The van der Waals surface area contributed by atoms with E-state index in [1.165, 1.54) is 11.1 Å². The van der Waals surface area contributed by atoms with E-state index in [1.54, 1.807) is 0 Å². The van der Waals surface area contributed by atoms with E-state index >= 15 is 0 Å². The number of halogens is 1. The molecule has 0 radical (unpaired) electrons. The first kappa shape index (κ1) is 14.4. The smallest absolute Gasteiger partial charge is 0.0859 e. The minimum atomic E-state index is -0.406. The van der Waals surface area contributed by atoms with Crippen LogP contribution in [-0.2, 0) is 5.54 Å². The van der Waals surface area contributed by atoms with Gasteiger partial charge in [-0.3, -0.25) is 0 Å². The Morgan fingerprint density at radius 3 is 2.62 bits per heavy atom. The molecule has 0 aromatic heterocycles. The van der Waals surface area contributed by atoms with Gasteiger partial charge in [-0.25, -0.2) is 0 Å². The summed E-state index contributed by atoms with van der Waals surface area (Å²) >= 11 is 5.95. The number of fused-ring (bicyclic) bond motifs is 1. The fourth-order valence-electron chi connectivity index (χ4n) is 3.26. The molecule has 110 valence electrons. The van der Waals surface area contributed by atoms with E-state index in [-0.39, 0.29) is 6.61 Å². The van der Waals surface area contributed by atoms with Crippen molar-refractivity contribution in [3.63, 3.8) is 0 Å². The molecule has 1 aliphatic carbocycles. The highest BCUT2D eigenvalue weighted by Crippen LogP contribution is 2.42. The number of rotatable bonds is 3. The van der Waals surface area contributed by atoms with E-state index in [9.17, 15) is 5.11 Å². The number of aliphatic hydroxyl groups is 1. The van der Waals surface area contributed by atoms with Crippen molar-refractivity contribution < 1.29 is 5.11 Å². The van der Waals surface area contributed by atoms with Crippen LogP contribution in [0.15, 0.2) is 48.5 Å². The summed E-state index contributed by atoms with van der Waals surface area (Å²) in [6.45, 7) is 2.34. The molecule has 2 atom stereocenters. The average molecular weight is 302 g/mol. The zero-order valence-corrected chi connectivity index (χ0v) is 12.9. The van der Waals surface area contributed by atoms with Crippen molar-refractivity contribution in [2.45, 2.75) is 31.2 Å². The fourth-order valence-corrected chi connectivity index (χ4v) is 3.38. The maximum absolute atomic E-state index is 10.1. The maximum Gasteiger partial charge on any atom is 0.0859 e. The van der Waals surface area contributed by atoms with Crippen LogP contribution in [0.3, 0.4) is 0 Å². The quantitative estimate of drug-likeness (QED) is 0.872. The lowest BCUT2D eigenvalue weighted by Crippen LogP contribution is -2.42. The molecule has 2 nitrogen and oxygen atoms in total. The largest absolute Gasteiger partial charge is 0.394 e. The van der Waals surface area contributed by atoms with Crippen LogP contribution in [-0.4, -0.2) is 11.7 Å². The molecule has 2 N–H and O–H groups in total. The van der Waals surface area contributed by atoms with Crippen molar-refractivity contribution >= 4 is 17.3 Å². The molecular formula is C18H20ClNO. The van der Waals surface area contributed by atoms with Crippen LogP contribution in [0.2, 0.25) is 5.02 Å². The number of hydrogen-bond acceptors (Lipinski definition) is 2. The summed E-state index contributed by atoms with van der Waals surface area (Å²) in [6, 6.07) is 16.1. The summed E-state index contributed by atoms with van der Waals surface area (Å²) < 4.78 is 0. The molecule has 2 aromatic rings. The summed E-state index contributed by atoms with van der Waals surface area (Å²) in [5.41, 5.74) is 3.12. The molecule has 0 amide bonds. The van der Waals surface area contributed by atoms with Gasteiger partial charge in [0.15, 0.2) is 0 Å². The monoisotopic (exact) mass is 301 g/mol. The Kier molecular flexibility index (Phi) is 3.92. The number of hydrogen-bond donors (Lipinski definition) is 2. The molecule has 0 heterocycles. The predicted octanol–water partition coefficient (Wildman–Crippen LogP) is 4.54. The third kappa shape index (κ3) is 2.66. The third-order valence-corrected chi connectivity index (χ3v) is 4.76. The van der Waals surface area contributed by atoms with Crippen molar-refractivity contribution in [3.05, 3.63) is 64.7 Å². The molecule has 1 aliphatic rings. The van der Waals surface area contributed by atoms with Gasteiger partial charge in [0, 0.05) is 10.7 Å². The third-order valence-electron chi connectivity index (χ3n) is 4.51. The molecule has 2 aromatic carbocycles. The Morgan fingerprint density at radius 2 is 1.90 bits per heavy atom. The van der Waals surface area contributed by atoms with E-state index in [1.807, 2.05) is 30.3 Å². The molecule has 0 saturated carbocycles. The van der Waals surface area contributed by atoms with Gasteiger partial charge in [-0.1, -0.05) is 42.8 Å². The van der Waals surface area contributed by atoms with Crippen LogP contribution in [0.4, 0.5) is 5.69 Å². The lowest BCUT2D eigenvalue weighted by Gasteiger charge is -2.41. The highest BCUT2D eigenvalue weighted by molar-refractivity contribution is 6.30. The molecule has 3 rings (SSSR count). The number of aliphatic hydroxyl groups excluding tert-OH is 1. The number of anilines is 1. The van der Waals surface area contributed by atoms with Gasteiger partial charge in [0.05, 0.1) is 12.1 Å². The first-order valence-corrected chi connectivity index (χ1v) is 7.76. The Labute approximate surface area is 130 Å². The zero-order valence-electron chi connectivity index (χ0n) is 12.1. The van der Waals surface area contributed by atoms with Gasteiger partial charge < -0.3 is 10.4 Å². The molecule has 21 heavy (non-hydrogen) atoms. The fraction of sp³-hybridized carbons (Fsp3) is 0.333. The van der Waals surface area contributed by atoms with E-state index in [2.05, 4.69) is 30.4 Å². The molecule has 0 aliphatic heterocycles. The first-order valence-electron chi connectivity index (χ1n) is 7.39. The van der Waals surface area contributed by atoms with Crippen LogP contribution >= 0.6 is 11.6 Å². The second-order valence-corrected chi connectivity index (χ2v) is 6.34. The van der Waals surface area contributed by atoms with Crippen LogP contribution < -0.4 is 5.32 Å². The maximum atomic E-state index is 10.1. The van der Waals surface area contributed by atoms with E-state index in [0.29, 0.717) is 5.92 Å². The molecule has 0 spiro atoms. The Bertz CT molecular complexity index is 625. The number of benzene rings is 2. The highest BCUT2D eigenvalue weighted by Gasteiger charge is 2.38. The summed E-state index contributed by atoms with van der Waals surface area (Å²) in [5.74, 6) is 0.535. The lowest BCUT2D eigenvalue weighted by atomic mass is 9.72. The average Bonchev–Trinajstić information content (AvgIpc) is 2.53. The second-order valence-electron chi connectivity index (χ2n) is 5.90. The van der Waals surface area contributed by atoms with Gasteiger partial charge in [-0.2, -0.15) is 0 Å². The van der Waals surface area contributed by atoms with Crippen LogP contribution in [0.25, 0.3) is 0 Å². The summed E-state index contributed by atoms with van der Waals surface area (Å²) in [5, 5.41) is 14.4. The van der Waals surface area contributed by atoms with Crippen molar-refractivity contribution in [3.8, 4) is 0 Å². The van der Waals surface area contributed by atoms with Gasteiger partial charge in [0.25, 0.3) is 0 Å². The normalized spacial score (nSPS) is 24.4. The van der Waals surface area contributed by atoms with Gasteiger partial charge in [-0.15, -0.1) is 0 Å². The van der Waals surface area contributed by atoms with Crippen molar-refractivity contribution in [2.24, 2.45) is 0 Å². The minimum Gasteiger partial charge on any atom is -0.394 e. The minimum absolute atomic E-state index is 0.0827. The molecule has 0 bridgehead atoms. The van der Waals surface area contributed by atoms with Crippen molar-refractivity contribution in [1.82, 2.24) is 0 Å². The number of nitrogens with one attached hydrogen (secondary N) is 1. The Morgan fingerprint density at radius 1 is 1.19 bits per heavy atom. The van der Waals surface area contributed by atoms with Gasteiger partial charge in [0.1, 0.15) is 0 Å². The molecule has 2 unspecified atom stereocenters. The summed E-state index contributed by atoms with van der Waals surface area (Å²) in [4.78, 5) is 0. The van der Waals surface area contributed by atoms with E-state index in [4.69, 9.17) is 11.6 Å². The van der Waals surface area contributed by atoms with Crippen LogP contribution in [0.5, 0.6) is 0 Å². The standard InChI is InChI=1S/C18H20ClNO/c1-13-10-11-18(12-21,17-5-3-2-4-16(13)17)20-15-8-6-14(19)7-9-15/h2-9,13,20-21H,10-12H2,1H3.